The lowest BCUT2D eigenvalue weighted by molar-refractivity contribution is -0.135. The van der Waals surface area contributed by atoms with Crippen molar-refractivity contribution < 1.29 is 18.7 Å². The first kappa shape index (κ1) is 8.19. The summed E-state index contributed by atoms with van der Waals surface area (Å²) in [6.07, 6.45) is -0.455. The lowest BCUT2D eigenvalue weighted by atomic mass is 10.3. The molecule has 3 nitrogen and oxygen atoms in total. The highest BCUT2D eigenvalue weighted by molar-refractivity contribution is 5.79. The van der Waals surface area contributed by atoms with Gasteiger partial charge >= 0.3 is 5.97 Å². The largest absolute Gasteiger partial charge is 0.424 e. The summed E-state index contributed by atoms with van der Waals surface area (Å²) >= 11 is 0. The third-order valence-electron chi connectivity index (χ3n) is 1.61. The molecule has 0 saturated carbocycles. The van der Waals surface area contributed by atoms with E-state index in [4.69, 9.17) is 9.47 Å². The monoisotopic (exact) mass is 182 g/mol. The summed E-state index contributed by atoms with van der Waals surface area (Å²) < 4.78 is 22.1. The maximum absolute atomic E-state index is 12.6. The fourth-order valence-corrected chi connectivity index (χ4v) is 0.897. The van der Waals surface area contributed by atoms with Crippen molar-refractivity contribution >= 4 is 5.97 Å². The zero-order valence-corrected chi connectivity index (χ0v) is 6.70. The van der Waals surface area contributed by atoms with Crippen molar-refractivity contribution in [1.82, 2.24) is 0 Å². The van der Waals surface area contributed by atoms with Gasteiger partial charge in [0.15, 0.2) is 6.10 Å². The number of hydrogen-bond acceptors (Lipinski definition) is 3. The number of benzene rings is 1. The Morgan fingerprint density at radius 1 is 1.62 bits per heavy atom. The van der Waals surface area contributed by atoms with Crippen molar-refractivity contribution in [1.29, 1.82) is 0 Å². The van der Waals surface area contributed by atoms with E-state index in [-0.39, 0.29) is 5.75 Å². The van der Waals surface area contributed by atoms with Crippen LogP contribution in [0.3, 0.4) is 0 Å². The minimum absolute atomic E-state index is 0.209. The van der Waals surface area contributed by atoms with E-state index in [0.29, 0.717) is 6.61 Å². The van der Waals surface area contributed by atoms with Crippen LogP contribution in [0.25, 0.3) is 0 Å². The Kier molecular flexibility index (Phi) is 1.98. The number of carbonyl (C=O) groups is 1. The van der Waals surface area contributed by atoms with Crippen LogP contribution in [0.15, 0.2) is 24.3 Å². The molecule has 1 fully saturated rings. The van der Waals surface area contributed by atoms with Gasteiger partial charge in [0, 0.05) is 6.07 Å². The van der Waals surface area contributed by atoms with E-state index < -0.39 is 17.9 Å². The second kappa shape index (κ2) is 3.14. The van der Waals surface area contributed by atoms with Crippen molar-refractivity contribution in [2.75, 3.05) is 6.61 Å². The van der Waals surface area contributed by atoms with Crippen LogP contribution in [0.5, 0.6) is 5.75 Å². The number of epoxide rings is 1. The zero-order chi connectivity index (χ0) is 9.26. The molecule has 2 rings (SSSR count). The maximum atomic E-state index is 12.6. The average Bonchev–Trinajstić information content (AvgIpc) is 2.85. The molecule has 4 heteroatoms. The smallest absolute Gasteiger partial charge is 0.343 e. The molecule has 1 saturated heterocycles. The molecule has 13 heavy (non-hydrogen) atoms. The lowest BCUT2D eigenvalue weighted by Gasteiger charge is -2.00. The Hall–Kier alpha value is -1.42. The zero-order valence-electron chi connectivity index (χ0n) is 6.70. The minimum Gasteiger partial charge on any atom is -0.424 e. The summed E-state index contributed by atoms with van der Waals surface area (Å²) in [5.74, 6) is -0.687. The van der Waals surface area contributed by atoms with Gasteiger partial charge in [-0.15, -0.1) is 0 Å². The quantitative estimate of drug-likeness (QED) is 0.391. The first-order chi connectivity index (χ1) is 6.25. The summed E-state index contributed by atoms with van der Waals surface area (Å²) in [7, 11) is 0. The lowest BCUT2D eigenvalue weighted by Crippen LogP contribution is -2.14. The predicted molar refractivity (Wildman–Crippen MR) is 41.8 cm³/mol. The molecule has 1 aliphatic heterocycles. The minimum atomic E-state index is -0.467. The van der Waals surface area contributed by atoms with E-state index in [1.807, 2.05) is 0 Å². The molecule has 0 aromatic heterocycles. The molecule has 1 aromatic carbocycles. The van der Waals surface area contributed by atoms with Crippen molar-refractivity contribution in [3.05, 3.63) is 30.1 Å². The summed E-state index contributed by atoms with van der Waals surface area (Å²) in [5, 5.41) is 0. The van der Waals surface area contributed by atoms with Crippen LogP contribution < -0.4 is 4.74 Å². The summed E-state index contributed by atoms with van der Waals surface area (Å²) in [5.41, 5.74) is 0. The van der Waals surface area contributed by atoms with Crippen LogP contribution in [0.2, 0.25) is 0 Å². The molecule has 68 valence electrons. The Balaban J connectivity index is 2.04. The Bertz CT molecular complexity index is 333. The summed E-state index contributed by atoms with van der Waals surface area (Å²) in [6, 6.07) is 5.43. The molecule has 1 aromatic rings. The Labute approximate surface area is 74.1 Å². The normalized spacial score (nSPS) is 19.6. The highest BCUT2D eigenvalue weighted by Gasteiger charge is 2.33. The van der Waals surface area contributed by atoms with Gasteiger partial charge < -0.3 is 9.47 Å². The van der Waals surface area contributed by atoms with Gasteiger partial charge in [-0.1, -0.05) is 6.07 Å². The fourth-order valence-electron chi connectivity index (χ4n) is 0.897. The van der Waals surface area contributed by atoms with E-state index in [1.54, 1.807) is 0 Å². The van der Waals surface area contributed by atoms with Gasteiger partial charge in [-0.2, -0.15) is 0 Å². The second-order valence-corrected chi connectivity index (χ2v) is 2.70. The van der Waals surface area contributed by atoms with Crippen molar-refractivity contribution in [2.24, 2.45) is 0 Å². The highest BCUT2D eigenvalue weighted by Crippen LogP contribution is 2.16. The second-order valence-electron chi connectivity index (χ2n) is 2.70. The molecular weight excluding hydrogens is 175 g/mol. The van der Waals surface area contributed by atoms with E-state index in [2.05, 4.69) is 0 Å². The molecule has 1 atom stereocenters. The van der Waals surface area contributed by atoms with Crippen molar-refractivity contribution in [3.8, 4) is 5.75 Å². The number of halogens is 1. The van der Waals surface area contributed by atoms with Gasteiger partial charge in [0.1, 0.15) is 11.6 Å². The number of carbonyl (C=O) groups excluding carboxylic acids is 1. The molecule has 0 N–H and O–H groups in total. The van der Waals surface area contributed by atoms with E-state index in [1.165, 1.54) is 18.2 Å². The molecule has 0 spiro atoms. The van der Waals surface area contributed by atoms with Crippen LogP contribution in [-0.4, -0.2) is 18.7 Å². The van der Waals surface area contributed by atoms with Crippen LogP contribution in [0.4, 0.5) is 4.39 Å². The predicted octanol–water partition coefficient (Wildman–Crippen LogP) is 1.13. The molecule has 0 aliphatic carbocycles. The molecule has 0 radical (unpaired) electrons. The van der Waals surface area contributed by atoms with Gasteiger partial charge in [-0.3, -0.25) is 0 Å². The van der Waals surface area contributed by atoms with E-state index >= 15 is 0 Å². The topological polar surface area (TPSA) is 38.8 Å². The number of hydrogen-bond donors (Lipinski definition) is 0. The summed E-state index contributed by atoms with van der Waals surface area (Å²) in [4.78, 5) is 11.0. The number of esters is 1. The Morgan fingerprint density at radius 3 is 3.00 bits per heavy atom. The first-order valence-electron chi connectivity index (χ1n) is 3.84. The molecular formula is C9H7FO3. The Morgan fingerprint density at radius 2 is 2.38 bits per heavy atom. The van der Waals surface area contributed by atoms with E-state index in [9.17, 15) is 9.18 Å². The van der Waals surface area contributed by atoms with Gasteiger partial charge in [0.2, 0.25) is 0 Å². The van der Waals surface area contributed by atoms with Gasteiger partial charge in [-0.25, -0.2) is 9.18 Å². The van der Waals surface area contributed by atoms with Gasteiger partial charge in [-0.05, 0) is 12.1 Å². The van der Waals surface area contributed by atoms with Crippen molar-refractivity contribution in [2.45, 2.75) is 6.10 Å². The van der Waals surface area contributed by atoms with Crippen LogP contribution in [0.1, 0.15) is 0 Å². The van der Waals surface area contributed by atoms with Crippen LogP contribution in [0, 0.1) is 5.82 Å². The number of rotatable bonds is 2. The molecule has 1 unspecified atom stereocenters. The third-order valence-corrected chi connectivity index (χ3v) is 1.61. The third kappa shape index (κ3) is 2.03. The summed E-state index contributed by atoms with van der Waals surface area (Å²) in [6.45, 7) is 0.397. The van der Waals surface area contributed by atoms with Crippen molar-refractivity contribution in [3.63, 3.8) is 0 Å². The number of ether oxygens (including phenoxy) is 2. The highest BCUT2D eigenvalue weighted by atomic mass is 19.1. The molecule has 0 amide bonds. The van der Waals surface area contributed by atoms with Crippen LogP contribution in [-0.2, 0) is 9.53 Å². The standard InChI is InChI=1S/C9H7FO3/c10-6-2-1-3-7(4-6)13-9(11)8-5-12-8/h1-4,8H,5H2. The van der Waals surface area contributed by atoms with Crippen LogP contribution >= 0.6 is 0 Å². The first-order valence-corrected chi connectivity index (χ1v) is 3.84. The van der Waals surface area contributed by atoms with Gasteiger partial charge in [0.25, 0.3) is 0 Å². The SMILES string of the molecule is O=C(Oc1cccc(F)c1)C1CO1. The molecule has 1 aliphatic rings. The maximum Gasteiger partial charge on any atom is 0.343 e. The molecule has 1 heterocycles. The van der Waals surface area contributed by atoms with E-state index in [0.717, 1.165) is 6.07 Å². The average molecular weight is 182 g/mol. The fraction of sp³-hybridized carbons (Fsp3) is 0.222. The van der Waals surface area contributed by atoms with Gasteiger partial charge in [0.05, 0.1) is 6.61 Å². The molecule has 0 bridgehead atoms.